The molecule has 0 fully saturated rings. The zero-order chi connectivity index (χ0) is 20.5. The largest absolute Gasteiger partial charge is 0.482 e. The maximum Gasteiger partial charge on any atom is 0.344 e. The van der Waals surface area contributed by atoms with Gasteiger partial charge in [0.25, 0.3) is 5.91 Å². The highest BCUT2D eigenvalue weighted by Gasteiger charge is 2.14. The first kappa shape index (κ1) is 20.6. The van der Waals surface area contributed by atoms with Gasteiger partial charge in [0.2, 0.25) is 0 Å². The van der Waals surface area contributed by atoms with Crippen molar-refractivity contribution in [1.29, 1.82) is 0 Å². The summed E-state index contributed by atoms with van der Waals surface area (Å²) in [7, 11) is 1.23. The lowest BCUT2D eigenvalue weighted by Gasteiger charge is -2.10. The lowest BCUT2D eigenvalue weighted by Crippen LogP contribution is -2.24. The van der Waals surface area contributed by atoms with Gasteiger partial charge in [0.1, 0.15) is 5.75 Å². The summed E-state index contributed by atoms with van der Waals surface area (Å²) in [6, 6.07) is 12.6. The van der Waals surface area contributed by atoms with Gasteiger partial charge in [-0.2, -0.15) is 0 Å². The van der Waals surface area contributed by atoms with Crippen molar-refractivity contribution in [2.75, 3.05) is 25.6 Å². The van der Waals surface area contributed by atoms with E-state index in [2.05, 4.69) is 10.1 Å². The summed E-state index contributed by atoms with van der Waals surface area (Å²) in [5, 5.41) is 2.48. The predicted octanol–water partition coefficient (Wildman–Crippen LogP) is 2.24. The number of hydrogen-bond acceptors (Lipinski definition) is 7. The number of methoxy groups -OCH3 is 1. The molecular formula is C20H19NO7. The third-order valence-electron chi connectivity index (χ3n) is 3.57. The Hall–Kier alpha value is -3.68. The second-order valence-corrected chi connectivity index (χ2v) is 5.62. The Morgan fingerprint density at radius 3 is 2.43 bits per heavy atom. The number of carbonyl (C=O) groups is 4. The van der Waals surface area contributed by atoms with Crippen LogP contribution < -0.4 is 10.1 Å². The maximum atomic E-state index is 12.0. The molecule has 0 saturated carbocycles. The Bertz CT molecular complexity index is 892. The molecule has 0 unspecified atom stereocenters. The first-order chi connectivity index (χ1) is 13.4. The van der Waals surface area contributed by atoms with Gasteiger partial charge in [-0.15, -0.1) is 0 Å². The number of carbonyl (C=O) groups excluding carboxylic acids is 4. The second-order valence-electron chi connectivity index (χ2n) is 5.62. The number of nitrogens with one attached hydrogen (secondary N) is 1. The van der Waals surface area contributed by atoms with Crippen molar-refractivity contribution in [3.8, 4) is 5.75 Å². The van der Waals surface area contributed by atoms with Crippen LogP contribution in [0, 0.1) is 0 Å². The molecule has 0 bridgehead atoms. The fourth-order valence-electron chi connectivity index (χ4n) is 2.20. The molecule has 0 aliphatic heterocycles. The Balaban J connectivity index is 1.83. The van der Waals surface area contributed by atoms with Crippen LogP contribution in [0.3, 0.4) is 0 Å². The zero-order valence-electron chi connectivity index (χ0n) is 15.4. The van der Waals surface area contributed by atoms with Crippen molar-refractivity contribution < 1.29 is 33.4 Å². The van der Waals surface area contributed by atoms with E-state index in [0.29, 0.717) is 11.3 Å². The number of ketones is 1. The minimum absolute atomic E-state index is 0.128. The van der Waals surface area contributed by atoms with Gasteiger partial charge >= 0.3 is 11.9 Å². The number of rotatable bonds is 8. The minimum Gasteiger partial charge on any atom is -0.482 e. The topological polar surface area (TPSA) is 108 Å². The summed E-state index contributed by atoms with van der Waals surface area (Å²) in [5.41, 5.74) is 0.876. The van der Waals surface area contributed by atoms with E-state index in [9.17, 15) is 19.2 Å². The minimum atomic E-state index is -0.760. The van der Waals surface area contributed by atoms with E-state index in [4.69, 9.17) is 9.47 Å². The molecule has 146 valence electrons. The molecule has 0 atom stereocenters. The van der Waals surface area contributed by atoms with E-state index in [-0.39, 0.29) is 17.0 Å². The Labute approximate surface area is 161 Å². The van der Waals surface area contributed by atoms with E-state index in [1.165, 1.54) is 32.2 Å². The van der Waals surface area contributed by atoms with Crippen LogP contribution in [0.1, 0.15) is 27.6 Å². The lowest BCUT2D eigenvalue weighted by molar-refractivity contribution is -0.149. The molecule has 28 heavy (non-hydrogen) atoms. The van der Waals surface area contributed by atoms with Gasteiger partial charge in [0.15, 0.2) is 19.0 Å². The van der Waals surface area contributed by atoms with Crippen LogP contribution in [0.2, 0.25) is 0 Å². The molecule has 1 amide bonds. The number of esters is 2. The molecular weight excluding hydrogens is 366 g/mol. The second kappa shape index (κ2) is 9.86. The molecule has 2 aromatic rings. The summed E-state index contributed by atoms with van der Waals surface area (Å²) in [4.78, 5) is 46.7. The van der Waals surface area contributed by atoms with Gasteiger partial charge in [-0.3, -0.25) is 9.59 Å². The molecule has 8 heteroatoms. The maximum absolute atomic E-state index is 12.0. The molecule has 0 aliphatic rings. The van der Waals surface area contributed by atoms with Crippen molar-refractivity contribution in [1.82, 2.24) is 0 Å². The quantitative estimate of drug-likeness (QED) is 0.548. The average Bonchev–Trinajstić information content (AvgIpc) is 2.70. The number of Topliss-reactive ketones (excluding diaryl/α,β-unsaturated/α-hetero) is 1. The van der Waals surface area contributed by atoms with Gasteiger partial charge in [-0.25, -0.2) is 9.59 Å². The van der Waals surface area contributed by atoms with Gasteiger partial charge in [-0.05, 0) is 31.2 Å². The number of amides is 1. The van der Waals surface area contributed by atoms with Crippen molar-refractivity contribution in [2.24, 2.45) is 0 Å². The third-order valence-corrected chi connectivity index (χ3v) is 3.57. The highest BCUT2D eigenvalue weighted by atomic mass is 16.6. The van der Waals surface area contributed by atoms with Crippen LogP contribution in [0.15, 0.2) is 48.5 Å². The highest BCUT2D eigenvalue weighted by molar-refractivity contribution is 6.01. The van der Waals surface area contributed by atoms with Crippen molar-refractivity contribution in [3.63, 3.8) is 0 Å². The van der Waals surface area contributed by atoms with E-state index in [1.807, 2.05) is 0 Å². The van der Waals surface area contributed by atoms with Crippen LogP contribution in [-0.4, -0.2) is 44.0 Å². The Morgan fingerprint density at radius 1 is 0.964 bits per heavy atom. The molecule has 2 aromatic carbocycles. The fourth-order valence-corrected chi connectivity index (χ4v) is 2.20. The third kappa shape index (κ3) is 5.94. The van der Waals surface area contributed by atoms with Crippen LogP contribution in [0.25, 0.3) is 0 Å². The van der Waals surface area contributed by atoms with Gasteiger partial charge in [-0.1, -0.05) is 24.3 Å². The normalized spacial score (nSPS) is 9.93. The average molecular weight is 385 g/mol. The molecule has 0 aromatic heterocycles. The summed E-state index contributed by atoms with van der Waals surface area (Å²) >= 11 is 0. The molecule has 1 N–H and O–H groups in total. The number of ether oxygens (including phenoxy) is 3. The van der Waals surface area contributed by atoms with Gasteiger partial charge < -0.3 is 19.5 Å². The SMILES string of the molecule is COC(=O)c1ccccc1NC(=O)COC(=O)COc1cccc(C(C)=O)c1. The standard InChI is InChI=1S/C20H19NO7/c1-13(22)14-6-5-7-15(10-14)27-12-19(24)28-11-18(23)21-17-9-4-3-8-16(17)20(25)26-2/h3-10H,11-12H2,1-2H3,(H,21,23). The first-order valence-electron chi connectivity index (χ1n) is 8.27. The molecule has 8 nitrogen and oxygen atoms in total. The van der Waals surface area contributed by atoms with Crippen LogP contribution >= 0.6 is 0 Å². The number of anilines is 1. The highest BCUT2D eigenvalue weighted by Crippen LogP contribution is 2.16. The predicted molar refractivity (Wildman–Crippen MR) is 99.3 cm³/mol. The number of hydrogen-bond donors (Lipinski definition) is 1. The van der Waals surface area contributed by atoms with Gasteiger partial charge in [0, 0.05) is 5.56 Å². The first-order valence-corrected chi connectivity index (χ1v) is 8.27. The smallest absolute Gasteiger partial charge is 0.344 e. The molecule has 2 rings (SSSR count). The van der Waals surface area contributed by atoms with Crippen molar-refractivity contribution >= 4 is 29.3 Å². The summed E-state index contributed by atoms with van der Waals surface area (Å²) in [6.45, 7) is 0.447. The fraction of sp³-hybridized carbons (Fsp3) is 0.200. The van der Waals surface area contributed by atoms with Crippen molar-refractivity contribution in [2.45, 2.75) is 6.92 Å². The monoisotopic (exact) mass is 385 g/mol. The van der Waals surface area contributed by atoms with E-state index in [0.717, 1.165) is 0 Å². The van der Waals surface area contributed by atoms with Gasteiger partial charge in [0.05, 0.1) is 18.4 Å². The van der Waals surface area contributed by atoms with Crippen molar-refractivity contribution in [3.05, 3.63) is 59.7 Å². The Kier molecular flexibility index (Phi) is 7.27. The Morgan fingerprint density at radius 2 is 1.71 bits per heavy atom. The van der Waals surface area contributed by atoms with E-state index in [1.54, 1.807) is 30.3 Å². The number of benzene rings is 2. The molecule has 0 aliphatic carbocycles. The molecule has 0 heterocycles. The van der Waals surface area contributed by atoms with Crippen LogP contribution in [0.5, 0.6) is 5.75 Å². The summed E-state index contributed by atoms with van der Waals surface area (Å²) < 4.78 is 14.7. The zero-order valence-corrected chi connectivity index (χ0v) is 15.4. The summed E-state index contributed by atoms with van der Waals surface area (Å²) in [6.07, 6.45) is 0. The molecule has 0 saturated heterocycles. The molecule has 0 spiro atoms. The summed E-state index contributed by atoms with van der Waals surface area (Å²) in [5.74, 6) is -1.78. The number of para-hydroxylation sites is 1. The van der Waals surface area contributed by atoms with Crippen LogP contribution in [-0.2, 0) is 19.1 Å². The van der Waals surface area contributed by atoms with E-state index < -0.39 is 31.1 Å². The van der Waals surface area contributed by atoms with E-state index >= 15 is 0 Å². The molecule has 0 radical (unpaired) electrons. The lowest BCUT2D eigenvalue weighted by atomic mass is 10.1. The van der Waals surface area contributed by atoms with Crippen LogP contribution in [0.4, 0.5) is 5.69 Å².